The maximum atomic E-state index is 13.7. The van der Waals surface area contributed by atoms with Gasteiger partial charge in [0.25, 0.3) is 0 Å². The maximum absolute atomic E-state index is 13.7. The predicted molar refractivity (Wildman–Crippen MR) is 143 cm³/mol. The first kappa shape index (κ1) is 25.8. The van der Waals surface area contributed by atoms with Crippen molar-refractivity contribution < 1.29 is 19.1 Å². The summed E-state index contributed by atoms with van der Waals surface area (Å²) in [5.41, 5.74) is 2.09. The standard InChI is InChI=1S/C29H34N2O4S/c1-4-21(2)31(28(32)17-22-9-6-5-7-10-22)19-29(33)30-15-13-27-25(14-16-36-27)26(30)20-35-24-12-8-11-23(18-24)34-3/h5-12,14,16,18,21,26H,4,13,15,17,19-20H2,1-3H3/t21-,26-/m0/s1. The molecule has 4 rings (SSSR count). The van der Waals surface area contributed by atoms with Gasteiger partial charge in [0.15, 0.2) is 0 Å². The largest absolute Gasteiger partial charge is 0.497 e. The number of amides is 2. The third kappa shape index (κ3) is 6.08. The van der Waals surface area contributed by atoms with Gasteiger partial charge in [0.2, 0.25) is 11.8 Å². The van der Waals surface area contributed by atoms with E-state index in [0.717, 1.165) is 29.7 Å². The maximum Gasteiger partial charge on any atom is 0.242 e. The molecule has 0 fully saturated rings. The third-order valence-corrected chi connectivity index (χ3v) is 7.81. The third-order valence-electron chi connectivity index (χ3n) is 6.81. The van der Waals surface area contributed by atoms with E-state index in [1.165, 1.54) is 4.88 Å². The molecule has 2 aromatic carbocycles. The molecule has 1 aliphatic heterocycles. The molecule has 0 N–H and O–H groups in total. The fourth-order valence-electron chi connectivity index (χ4n) is 4.56. The zero-order chi connectivity index (χ0) is 25.5. The van der Waals surface area contributed by atoms with Crippen LogP contribution < -0.4 is 9.47 Å². The van der Waals surface area contributed by atoms with Crippen LogP contribution in [0.5, 0.6) is 11.5 Å². The molecule has 0 saturated heterocycles. The second kappa shape index (κ2) is 12.1. The van der Waals surface area contributed by atoms with Gasteiger partial charge in [0, 0.05) is 23.5 Å². The van der Waals surface area contributed by atoms with E-state index >= 15 is 0 Å². The number of rotatable bonds is 10. The molecule has 2 heterocycles. The molecular formula is C29H34N2O4S. The minimum absolute atomic E-state index is 0.0266. The van der Waals surface area contributed by atoms with E-state index in [2.05, 4.69) is 11.4 Å². The number of hydrogen-bond acceptors (Lipinski definition) is 5. The van der Waals surface area contributed by atoms with Gasteiger partial charge in [0.1, 0.15) is 24.7 Å². The summed E-state index contributed by atoms with van der Waals surface area (Å²) in [6, 6.07) is 19.0. The highest BCUT2D eigenvalue weighted by molar-refractivity contribution is 7.10. The van der Waals surface area contributed by atoms with Crippen molar-refractivity contribution in [3.05, 3.63) is 82.0 Å². The van der Waals surface area contributed by atoms with Crippen molar-refractivity contribution in [2.45, 2.75) is 45.2 Å². The molecule has 190 valence electrons. The summed E-state index contributed by atoms with van der Waals surface area (Å²) in [5, 5.41) is 2.08. The van der Waals surface area contributed by atoms with Crippen LogP contribution in [-0.2, 0) is 22.4 Å². The number of carbonyl (C=O) groups excluding carboxylic acids is 2. The number of carbonyl (C=O) groups is 2. The van der Waals surface area contributed by atoms with Gasteiger partial charge in [-0.25, -0.2) is 0 Å². The Kier molecular flexibility index (Phi) is 8.65. The number of nitrogens with zero attached hydrogens (tertiary/aromatic N) is 2. The van der Waals surface area contributed by atoms with E-state index in [-0.39, 0.29) is 36.9 Å². The van der Waals surface area contributed by atoms with Crippen LogP contribution in [0.2, 0.25) is 0 Å². The highest BCUT2D eigenvalue weighted by Gasteiger charge is 2.34. The summed E-state index contributed by atoms with van der Waals surface area (Å²) in [6.45, 7) is 5.06. The quantitative estimate of drug-likeness (QED) is 0.383. The van der Waals surface area contributed by atoms with E-state index < -0.39 is 0 Å². The Morgan fingerprint density at radius 1 is 1.11 bits per heavy atom. The summed E-state index contributed by atoms with van der Waals surface area (Å²) in [6.07, 6.45) is 1.88. The van der Waals surface area contributed by atoms with Gasteiger partial charge in [-0.05, 0) is 54.5 Å². The number of ether oxygens (including phenoxy) is 2. The number of thiophene rings is 1. The van der Waals surface area contributed by atoms with Crippen molar-refractivity contribution in [2.75, 3.05) is 26.8 Å². The van der Waals surface area contributed by atoms with Crippen LogP contribution in [0.15, 0.2) is 66.0 Å². The van der Waals surface area contributed by atoms with E-state index in [0.29, 0.717) is 18.9 Å². The van der Waals surface area contributed by atoms with Crippen molar-refractivity contribution in [3.8, 4) is 11.5 Å². The van der Waals surface area contributed by atoms with Gasteiger partial charge >= 0.3 is 0 Å². The molecule has 6 nitrogen and oxygen atoms in total. The second-order valence-electron chi connectivity index (χ2n) is 9.08. The molecular weight excluding hydrogens is 472 g/mol. The summed E-state index contributed by atoms with van der Waals surface area (Å²) in [4.78, 5) is 31.9. The Labute approximate surface area is 217 Å². The Morgan fingerprint density at radius 2 is 1.89 bits per heavy atom. The van der Waals surface area contributed by atoms with Gasteiger partial charge in [-0.3, -0.25) is 9.59 Å². The first-order valence-electron chi connectivity index (χ1n) is 12.5. The van der Waals surface area contributed by atoms with Crippen LogP contribution in [-0.4, -0.2) is 54.5 Å². The van der Waals surface area contributed by atoms with Crippen LogP contribution in [0.25, 0.3) is 0 Å². The average molecular weight is 507 g/mol. The molecule has 0 saturated carbocycles. The molecule has 1 aromatic heterocycles. The van der Waals surface area contributed by atoms with Gasteiger partial charge in [-0.2, -0.15) is 0 Å². The van der Waals surface area contributed by atoms with Crippen molar-refractivity contribution in [1.29, 1.82) is 0 Å². The fraction of sp³-hybridized carbons (Fsp3) is 0.379. The van der Waals surface area contributed by atoms with Crippen molar-refractivity contribution in [2.24, 2.45) is 0 Å². The molecule has 36 heavy (non-hydrogen) atoms. The van der Waals surface area contributed by atoms with Gasteiger partial charge in [-0.15, -0.1) is 11.3 Å². The number of benzene rings is 2. The lowest BCUT2D eigenvalue weighted by atomic mass is 10.00. The smallest absolute Gasteiger partial charge is 0.242 e. The van der Waals surface area contributed by atoms with E-state index in [4.69, 9.17) is 9.47 Å². The zero-order valence-corrected chi connectivity index (χ0v) is 22.0. The Hall–Kier alpha value is -3.32. The summed E-state index contributed by atoms with van der Waals surface area (Å²) >= 11 is 1.72. The highest BCUT2D eigenvalue weighted by atomic mass is 32.1. The molecule has 0 spiro atoms. The normalized spacial score (nSPS) is 15.6. The Bertz CT molecular complexity index is 1160. The Balaban J connectivity index is 1.51. The van der Waals surface area contributed by atoms with Crippen LogP contribution >= 0.6 is 11.3 Å². The molecule has 0 unspecified atom stereocenters. The molecule has 2 atom stereocenters. The topological polar surface area (TPSA) is 59.1 Å². The lowest BCUT2D eigenvalue weighted by molar-refractivity contribution is -0.144. The average Bonchev–Trinajstić information content (AvgIpc) is 3.39. The lowest BCUT2D eigenvalue weighted by Gasteiger charge is -2.38. The summed E-state index contributed by atoms with van der Waals surface area (Å²) < 4.78 is 11.5. The summed E-state index contributed by atoms with van der Waals surface area (Å²) in [7, 11) is 1.63. The van der Waals surface area contributed by atoms with Crippen LogP contribution in [0.3, 0.4) is 0 Å². The summed E-state index contributed by atoms with van der Waals surface area (Å²) in [5.74, 6) is 1.35. The van der Waals surface area contributed by atoms with Gasteiger partial charge < -0.3 is 19.3 Å². The van der Waals surface area contributed by atoms with E-state index in [1.807, 2.05) is 73.3 Å². The van der Waals surface area contributed by atoms with Gasteiger partial charge in [-0.1, -0.05) is 43.3 Å². The second-order valence-corrected chi connectivity index (χ2v) is 10.1. The van der Waals surface area contributed by atoms with E-state index in [9.17, 15) is 9.59 Å². The van der Waals surface area contributed by atoms with Crippen molar-refractivity contribution in [3.63, 3.8) is 0 Å². The minimum atomic E-state index is -0.207. The minimum Gasteiger partial charge on any atom is -0.497 e. The lowest BCUT2D eigenvalue weighted by Crippen LogP contribution is -2.50. The number of fused-ring (bicyclic) bond motifs is 1. The molecule has 7 heteroatoms. The molecule has 0 bridgehead atoms. The monoisotopic (exact) mass is 506 g/mol. The number of hydrogen-bond donors (Lipinski definition) is 0. The molecule has 1 aliphatic rings. The molecule has 0 aliphatic carbocycles. The molecule has 3 aromatic rings. The zero-order valence-electron chi connectivity index (χ0n) is 21.2. The number of methoxy groups -OCH3 is 1. The van der Waals surface area contributed by atoms with E-state index in [1.54, 1.807) is 23.3 Å². The first-order chi connectivity index (χ1) is 17.5. The fourth-order valence-corrected chi connectivity index (χ4v) is 5.49. The van der Waals surface area contributed by atoms with Crippen LogP contribution in [0.1, 0.15) is 42.3 Å². The first-order valence-corrected chi connectivity index (χ1v) is 13.3. The Morgan fingerprint density at radius 3 is 2.64 bits per heavy atom. The van der Waals surface area contributed by atoms with Gasteiger partial charge in [0.05, 0.1) is 19.6 Å². The molecule has 2 amide bonds. The van der Waals surface area contributed by atoms with Crippen LogP contribution in [0, 0.1) is 0 Å². The predicted octanol–water partition coefficient (Wildman–Crippen LogP) is 5.13. The van der Waals surface area contributed by atoms with Crippen molar-refractivity contribution in [1.82, 2.24) is 9.80 Å². The van der Waals surface area contributed by atoms with Crippen LogP contribution in [0.4, 0.5) is 0 Å². The molecule has 0 radical (unpaired) electrons. The SMILES string of the molecule is CC[C@H](C)N(CC(=O)N1CCc2sccc2[C@@H]1COc1cccc(OC)c1)C(=O)Cc1ccccc1. The highest BCUT2D eigenvalue weighted by Crippen LogP contribution is 2.34. The van der Waals surface area contributed by atoms with Crippen molar-refractivity contribution >= 4 is 23.2 Å².